The highest BCUT2D eigenvalue weighted by Crippen LogP contribution is 2.33. The van der Waals surface area contributed by atoms with Gasteiger partial charge in [-0.25, -0.2) is 9.97 Å². The summed E-state index contributed by atoms with van der Waals surface area (Å²) in [5, 5.41) is 3.37. The van der Waals surface area contributed by atoms with Crippen molar-refractivity contribution in [3.63, 3.8) is 0 Å². The molecular formula is C16H17N5. The van der Waals surface area contributed by atoms with Gasteiger partial charge in [-0.3, -0.25) is 4.99 Å². The van der Waals surface area contributed by atoms with Crippen LogP contribution in [0, 0.1) is 0 Å². The van der Waals surface area contributed by atoms with Gasteiger partial charge in [0.2, 0.25) is 0 Å². The lowest BCUT2D eigenvalue weighted by Gasteiger charge is -2.34. The summed E-state index contributed by atoms with van der Waals surface area (Å²) in [7, 11) is 0. The van der Waals surface area contributed by atoms with E-state index in [-0.39, 0.29) is 5.54 Å². The second kappa shape index (κ2) is 4.55. The molecule has 0 bridgehead atoms. The van der Waals surface area contributed by atoms with Crippen LogP contribution in [0.15, 0.2) is 41.9 Å². The van der Waals surface area contributed by atoms with Gasteiger partial charge >= 0.3 is 0 Å². The van der Waals surface area contributed by atoms with Gasteiger partial charge in [0.05, 0.1) is 12.1 Å². The standard InChI is InChI=1S/C16H17N5/c17-15-20-9-16(21-15)4-3-11-1-2-12(5-13(11)6-16)14-7-18-10-19-8-14/h1-2,5,7-8,10H,3-4,6,9H2,(H3,17,20,21). The highest BCUT2D eigenvalue weighted by Gasteiger charge is 2.37. The minimum absolute atomic E-state index is 0.0168. The first-order chi connectivity index (χ1) is 10.2. The molecule has 1 unspecified atom stereocenters. The average Bonchev–Trinajstić information content (AvgIpc) is 2.88. The minimum atomic E-state index is 0.0168. The van der Waals surface area contributed by atoms with E-state index in [0.29, 0.717) is 5.96 Å². The van der Waals surface area contributed by atoms with Gasteiger partial charge < -0.3 is 11.1 Å². The Labute approximate surface area is 123 Å². The third-order valence-electron chi connectivity index (χ3n) is 4.45. The molecule has 5 nitrogen and oxygen atoms in total. The van der Waals surface area contributed by atoms with Crippen LogP contribution in [0.25, 0.3) is 11.1 Å². The van der Waals surface area contributed by atoms with E-state index in [1.807, 2.05) is 12.4 Å². The quantitative estimate of drug-likeness (QED) is 0.824. The van der Waals surface area contributed by atoms with Crippen molar-refractivity contribution in [2.24, 2.45) is 10.7 Å². The number of aromatic nitrogens is 2. The Morgan fingerprint density at radius 3 is 2.71 bits per heavy atom. The van der Waals surface area contributed by atoms with E-state index in [1.165, 1.54) is 16.7 Å². The van der Waals surface area contributed by atoms with E-state index in [0.717, 1.165) is 31.4 Å². The van der Waals surface area contributed by atoms with Gasteiger partial charge in [-0.15, -0.1) is 0 Å². The van der Waals surface area contributed by atoms with Crippen LogP contribution in [0.3, 0.4) is 0 Å². The molecule has 0 radical (unpaired) electrons. The van der Waals surface area contributed by atoms with Gasteiger partial charge in [0.1, 0.15) is 6.33 Å². The highest BCUT2D eigenvalue weighted by atomic mass is 15.2. The summed E-state index contributed by atoms with van der Waals surface area (Å²) in [6, 6.07) is 6.64. The van der Waals surface area contributed by atoms with Gasteiger partial charge in [0.15, 0.2) is 5.96 Å². The van der Waals surface area contributed by atoms with Gasteiger partial charge in [-0.05, 0) is 36.0 Å². The summed E-state index contributed by atoms with van der Waals surface area (Å²) in [6.45, 7) is 0.775. The molecule has 0 saturated heterocycles. The van der Waals surface area contributed by atoms with E-state index < -0.39 is 0 Å². The van der Waals surface area contributed by atoms with Gasteiger partial charge in [-0.2, -0.15) is 0 Å². The maximum Gasteiger partial charge on any atom is 0.189 e. The molecule has 5 heteroatoms. The lowest BCUT2D eigenvalue weighted by atomic mass is 9.77. The number of aryl methyl sites for hydroxylation is 1. The minimum Gasteiger partial charge on any atom is -0.370 e. The van der Waals surface area contributed by atoms with E-state index in [2.05, 4.69) is 38.5 Å². The smallest absolute Gasteiger partial charge is 0.189 e. The van der Waals surface area contributed by atoms with Crippen molar-refractivity contribution < 1.29 is 0 Å². The van der Waals surface area contributed by atoms with Gasteiger partial charge in [0, 0.05) is 18.0 Å². The highest BCUT2D eigenvalue weighted by molar-refractivity contribution is 5.81. The lowest BCUT2D eigenvalue weighted by Crippen LogP contribution is -2.51. The van der Waals surface area contributed by atoms with Gasteiger partial charge in [-0.1, -0.05) is 18.2 Å². The third-order valence-corrected chi connectivity index (χ3v) is 4.45. The number of rotatable bonds is 1. The van der Waals surface area contributed by atoms with Crippen LogP contribution in [0.5, 0.6) is 0 Å². The van der Waals surface area contributed by atoms with E-state index >= 15 is 0 Å². The monoisotopic (exact) mass is 279 g/mol. The van der Waals surface area contributed by atoms with Crippen LogP contribution in [0.2, 0.25) is 0 Å². The van der Waals surface area contributed by atoms with Crippen LogP contribution in [0.1, 0.15) is 17.5 Å². The van der Waals surface area contributed by atoms with E-state index in [1.54, 1.807) is 6.33 Å². The number of nitrogens with two attached hydrogens (primary N) is 1. The van der Waals surface area contributed by atoms with Crippen LogP contribution < -0.4 is 11.1 Å². The zero-order valence-electron chi connectivity index (χ0n) is 11.7. The Bertz CT molecular complexity index is 710. The van der Waals surface area contributed by atoms with Crippen molar-refractivity contribution in [3.05, 3.63) is 48.0 Å². The van der Waals surface area contributed by atoms with Crippen molar-refractivity contribution in [3.8, 4) is 11.1 Å². The van der Waals surface area contributed by atoms with Crippen molar-refractivity contribution in [2.75, 3.05) is 6.54 Å². The fourth-order valence-corrected chi connectivity index (χ4v) is 3.32. The molecule has 4 rings (SSSR count). The second-order valence-electron chi connectivity index (χ2n) is 5.89. The molecule has 3 N–H and O–H groups in total. The molecule has 0 saturated carbocycles. The molecule has 1 aromatic carbocycles. The molecule has 2 heterocycles. The first kappa shape index (κ1) is 12.3. The SMILES string of the molecule is NC1=NCC2(CCc3ccc(-c4cncnc4)cc3C2)N1. The number of guanidine groups is 1. The summed E-state index contributed by atoms with van der Waals surface area (Å²) < 4.78 is 0. The number of hydrogen-bond donors (Lipinski definition) is 2. The topological polar surface area (TPSA) is 76.2 Å². The number of aliphatic imine (C=N–C) groups is 1. The number of fused-ring (bicyclic) bond motifs is 1. The van der Waals surface area contributed by atoms with Crippen LogP contribution in [-0.2, 0) is 12.8 Å². The first-order valence-corrected chi connectivity index (χ1v) is 7.19. The lowest BCUT2D eigenvalue weighted by molar-refractivity contribution is 0.361. The molecular weight excluding hydrogens is 262 g/mol. The van der Waals surface area contributed by atoms with E-state index in [9.17, 15) is 0 Å². The normalized spacial score (nSPS) is 23.5. The Morgan fingerprint density at radius 1 is 1.10 bits per heavy atom. The average molecular weight is 279 g/mol. The predicted molar refractivity (Wildman–Crippen MR) is 81.8 cm³/mol. The summed E-state index contributed by atoms with van der Waals surface area (Å²) in [5.41, 5.74) is 10.8. The van der Waals surface area contributed by atoms with Crippen molar-refractivity contribution >= 4 is 5.96 Å². The van der Waals surface area contributed by atoms with Crippen molar-refractivity contribution in [1.82, 2.24) is 15.3 Å². The molecule has 2 aliphatic rings. The zero-order valence-corrected chi connectivity index (χ0v) is 11.7. The Balaban J connectivity index is 1.68. The Hall–Kier alpha value is -2.43. The molecule has 0 amide bonds. The molecule has 1 atom stereocenters. The molecule has 106 valence electrons. The van der Waals surface area contributed by atoms with Crippen LogP contribution >= 0.6 is 0 Å². The maximum atomic E-state index is 5.80. The molecule has 0 fully saturated rings. The first-order valence-electron chi connectivity index (χ1n) is 7.19. The number of nitrogens with one attached hydrogen (secondary N) is 1. The number of nitrogens with zero attached hydrogens (tertiary/aromatic N) is 3. The summed E-state index contributed by atoms with van der Waals surface area (Å²) in [6.07, 6.45) is 8.37. The molecule has 1 aliphatic carbocycles. The molecule has 1 aliphatic heterocycles. The fourth-order valence-electron chi connectivity index (χ4n) is 3.32. The summed E-state index contributed by atoms with van der Waals surface area (Å²) in [4.78, 5) is 12.5. The predicted octanol–water partition coefficient (Wildman–Crippen LogP) is 1.29. The molecule has 21 heavy (non-hydrogen) atoms. The Kier molecular flexibility index (Phi) is 2.67. The summed E-state index contributed by atoms with van der Waals surface area (Å²) in [5.74, 6) is 0.575. The Morgan fingerprint density at radius 2 is 1.95 bits per heavy atom. The summed E-state index contributed by atoms with van der Waals surface area (Å²) >= 11 is 0. The molecule has 1 aromatic heterocycles. The van der Waals surface area contributed by atoms with Crippen LogP contribution in [-0.4, -0.2) is 28.0 Å². The van der Waals surface area contributed by atoms with Gasteiger partial charge in [0.25, 0.3) is 0 Å². The maximum absolute atomic E-state index is 5.80. The largest absolute Gasteiger partial charge is 0.370 e. The third kappa shape index (κ3) is 2.14. The van der Waals surface area contributed by atoms with Crippen molar-refractivity contribution in [2.45, 2.75) is 24.8 Å². The molecule has 1 spiro atoms. The second-order valence-corrected chi connectivity index (χ2v) is 5.89. The number of hydrogen-bond acceptors (Lipinski definition) is 5. The number of benzene rings is 1. The van der Waals surface area contributed by atoms with E-state index in [4.69, 9.17) is 5.73 Å². The molecule has 2 aromatic rings. The fraction of sp³-hybridized carbons (Fsp3) is 0.312. The van der Waals surface area contributed by atoms with Crippen LogP contribution in [0.4, 0.5) is 0 Å². The zero-order chi connectivity index (χ0) is 14.3. The van der Waals surface area contributed by atoms with Crippen molar-refractivity contribution in [1.29, 1.82) is 0 Å².